The van der Waals surface area contributed by atoms with Gasteiger partial charge in [-0.05, 0) is 58.1 Å². The lowest BCUT2D eigenvalue weighted by Gasteiger charge is -2.16. The molecule has 1 aromatic carbocycles. The molecule has 29 heavy (non-hydrogen) atoms. The van der Waals surface area contributed by atoms with E-state index in [1.54, 1.807) is 24.6 Å². The van der Waals surface area contributed by atoms with Crippen molar-refractivity contribution in [3.05, 3.63) is 82.3 Å². The molecular formula is C22H27IN4OS. The van der Waals surface area contributed by atoms with E-state index in [2.05, 4.69) is 50.4 Å². The fraction of sp³-hybridized carbons (Fsp3) is 0.273. The van der Waals surface area contributed by atoms with Crippen LogP contribution in [0.5, 0.6) is 5.75 Å². The molecule has 5 nitrogen and oxygen atoms in total. The Morgan fingerprint density at radius 2 is 2.07 bits per heavy atom. The van der Waals surface area contributed by atoms with E-state index in [0.717, 1.165) is 29.5 Å². The summed E-state index contributed by atoms with van der Waals surface area (Å²) in [6, 6.07) is 16.1. The van der Waals surface area contributed by atoms with Gasteiger partial charge in [-0.3, -0.25) is 9.98 Å². The zero-order chi connectivity index (χ0) is 19.6. The van der Waals surface area contributed by atoms with Gasteiger partial charge < -0.3 is 15.4 Å². The van der Waals surface area contributed by atoms with Crippen molar-refractivity contribution < 1.29 is 4.74 Å². The molecule has 3 rings (SSSR count). The molecule has 1 unspecified atom stereocenters. The van der Waals surface area contributed by atoms with E-state index in [4.69, 9.17) is 4.74 Å². The number of nitrogens with zero attached hydrogens (tertiary/aromatic N) is 2. The Kier molecular flexibility index (Phi) is 9.93. The summed E-state index contributed by atoms with van der Waals surface area (Å²) in [5.74, 6) is 2.06. The fourth-order valence-electron chi connectivity index (χ4n) is 2.72. The van der Waals surface area contributed by atoms with Crippen molar-refractivity contribution in [1.29, 1.82) is 0 Å². The summed E-state index contributed by atoms with van der Waals surface area (Å²) in [6.45, 7) is 4.18. The number of aliphatic imine (C=N–C) groups is 1. The summed E-state index contributed by atoms with van der Waals surface area (Å²) in [4.78, 5) is 8.59. The molecule has 0 aliphatic rings. The van der Waals surface area contributed by atoms with E-state index in [1.807, 2.05) is 36.4 Å². The van der Waals surface area contributed by atoms with Crippen molar-refractivity contribution in [3.63, 3.8) is 0 Å². The Bertz CT molecular complexity index is 872. The van der Waals surface area contributed by atoms with Crippen molar-refractivity contribution in [2.24, 2.45) is 4.99 Å². The molecule has 7 heteroatoms. The molecule has 3 aromatic rings. The van der Waals surface area contributed by atoms with Crippen LogP contribution < -0.4 is 15.4 Å². The first-order valence-corrected chi connectivity index (χ1v) is 10.3. The number of guanidine groups is 1. The summed E-state index contributed by atoms with van der Waals surface area (Å²) in [5.41, 5.74) is 3.40. The maximum absolute atomic E-state index is 5.85. The molecule has 0 bridgehead atoms. The van der Waals surface area contributed by atoms with Gasteiger partial charge in [-0.1, -0.05) is 25.1 Å². The summed E-state index contributed by atoms with van der Waals surface area (Å²) in [5, 5.41) is 11.1. The second kappa shape index (κ2) is 12.4. The van der Waals surface area contributed by atoms with Crippen LogP contribution in [-0.2, 0) is 13.2 Å². The molecule has 0 fully saturated rings. The van der Waals surface area contributed by atoms with Crippen LogP contribution in [0.2, 0.25) is 0 Å². The largest absolute Gasteiger partial charge is 0.487 e. The van der Waals surface area contributed by atoms with Crippen LogP contribution in [0.4, 0.5) is 0 Å². The number of pyridine rings is 1. The minimum absolute atomic E-state index is 0. The monoisotopic (exact) mass is 522 g/mol. The van der Waals surface area contributed by atoms with Gasteiger partial charge in [-0.25, -0.2) is 0 Å². The van der Waals surface area contributed by atoms with Crippen LogP contribution in [0.15, 0.2) is 70.5 Å². The first kappa shape index (κ1) is 23.2. The predicted molar refractivity (Wildman–Crippen MR) is 131 cm³/mol. The molecule has 0 amide bonds. The minimum atomic E-state index is 0. The Hall–Kier alpha value is -2.13. The molecule has 0 radical (unpaired) electrons. The van der Waals surface area contributed by atoms with Gasteiger partial charge in [0.15, 0.2) is 5.96 Å². The van der Waals surface area contributed by atoms with Crippen LogP contribution in [0.3, 0.4) is 0 Å². The number of ether oxygens (including phenoxy) is 1. The highest BCUT2D eigenvalue weighted by Crippen LogP contribution is 2.17. The van der Waals surface area contributed by atoms with E-state index < -0.39 is 0 Å². The van der Waals surface area contributed by atoms with Gasteiger partial charge in [-0.2, -0.15) is 11.3 Å². The number of nitrogens with one attached hydrogen (secondary N) is 2. The highest BCUT2D eigenvalue weighted by atomic mass is 127. The third kappa shape index (κ3) is 7.66. The van der Waals surface area contributed by atoms with Crippen LogP contribution in [-0.4, -0.2) is 24.5 Å². The van der Waals surface area contributed by atoms with Gasteiger partial charge in [0.1, 0.15) is 12.4 Å². The first-order chi connectivity index (χ1) is 13.7. The minimum Gasteiger partial charge on any atom is -0.487 e. The maximum Gasteiger partial charge on any atom is 0.191 e. The third-order valence-corrected chi connectivity index (χ3v) is 5.08. The number of hydrogen-bond acceptors (Lipinski definition) is 4. The zero-order valence-electron chi connectivity index (χ0n) is 16.7. The number of hydrogen-bond donors (Lipinski definition) is 2. The van der Waals surface area contributed by atoms with E-state index in [9.17, 15) is 0 Å². The number of rotatable bonds is 8. The van der Waals surface area contributed by atoms with Gasteiger partial charge in [0.25, 0.3) is 0 Å². The van der Waals surface area contributed by atoms with Gasteiger partial charge >= 0.3 is 0 Å². The zero-order valence-corrected chi connectivity index (χ0v) is 19.8. The van der Waals surface area contributed by atoms with Gasteiger partial charge in [0, 0.05) is 26.3 Å². The summed E-state index contributed by atoms with van der Waals surface area (Å²) in [6.07, 6.45) is 1.77. The number of aromatic nitrogens is 1. The number of halogens is 1. The lowest BCUT2D eigenvalue weighted by atomic mass is 10.1. The first-order valence-electron chi connectivity index (χ1n) is 9.33. The SMILES string of the molecule is CN=C(NCc1cccc(OCc2ccccn2)c1)NCC(C)c1ccsc1.I. The molecule has 154 valence electrons. The quantitative estimate of drug-likeness (QED) is 0.253. The second-order valence-electron chi connectivity index (χ2n) is 6.52. The van der Waals surface area contributed by atoms with Crippen molar-refractivity contribution in [2.75, 3.05) is 13.6 Å². The topological polar surface area (TPSA) is 58.5 Å². The lowest BCUT2D eigenvalue weighted by molar-refractivity contribution is 0.301. The Morgan fingerprint density at radius 3 is 2.79 bits per heavy atom. The molecule has 0 spiro atoms. The average molecular weight is 522 g/mol. The molecule has 0 saturated heterocycles. The smallest absolute Gasteiger partial charge is 0.191 e. The fourth-order valence-corrected chi connectivity index (χ4v) is 3.50. The van der Waals surface area contributed by atoms with Crippen LogP contribution in [0.25, 0.3) is 0 Å². The standard InChI is InChI=1S/C22H26N4OS.HI/c1-17(19-9-11-28-16-19)13-25-22(23-2)26-14-18-6-5-8-21(12-18)27-15-20-7-3-4-10-24-20;/h3-12,16-17H,13-15H2,1-2H3,(H2,23,25,26);1H. The van der Waals surface area contributed by atoms with E-state index in [1.165, 1.54) is 5.56 Å². The second-order valence-corrected chi connectivity index (χ2v) is 7.30. The highest BCUT2D eigenvalue weighted by Gasteiger charge is 2.07. The summed E-state index contributed by atoms with van der Waals surface area (Å²) < 4.78 is 5.85. The molecule has 0 aliphatic carbocycles. The normalized spacial score (nSPS) is 12.0. The number of thiophene rings is 1. The van der Waals surface area contributed by atoms with Gasteiger partial charge in [-0.15, -0.1) is 24.0 Å². The molecule has 2 N–H and O–H groups in total. The Morgan fingerprint density at radius 1 is 1.17 bits per heavy atom. The van der Waals surface area contributed by atoms with Crippen LogP contribution in [0, 0.1) is 0 Å². The third-order valence-electron chi connectivity index (χ3n) is 4.38. The summed E-state index contributed by atoms with van der Waals surface area (Å²) >= 11 is 1.73. The van der Waals surface area contributed by atoms with Crippen molar-refractivity contribution in [1.82, 2.24) is 15.6 Å². The molecule has 1 atom stereocenters. The predicted octanol–water partition coefficient (Wildman–Crippen LogP) is 4.81. The average Bonchev–Trinajstić information content (AvgIpc) is 3.28. The molecule has 0 aliphatic heterocycles. The lowest BCUT2D eigenvalue weighted by Crippen LogP contribution is -2.38. The molecule has 0 saturated carbocycles. The van der Waals surface area contributed by atoms with Crippen LogP contribution >= 0.6 is 35.3 Å². The maximum atomic E-state index is 5.85. The van der Waals surface area contributed by atoms with Crippen molar-refractivity contribution >= 4 is 41.3 Å². The number of benzene rings is 1. The Balaban J connectivity index is 0.00000300. The highest BCUT2D eigenvalue weighted by molar-refractivity contribution is 14.0. The van der Waals surface area contributed by atoms with Gasteiger partial charge in [0.05, 0.1) is 5.69 Å². The molecular weight excluding hydrogens is 495 g/mol. The van der Waals surface area contributed by atoms with E-state index >= 15 is 0 Å². The van der Waals surface area contributed by atoms with E-state index in [-0.39, 0.29) is 24.0 Å². The summed E-state index contributed by atoms with van der Waals surface area (Å²) in [7, 11) is 1.79. The van der Waals surface area contributed by atoms with E-state index in [0.29, 0.717) is 19.1 Å². The Labute approximate surface area is 193 Å². The van der Waals surface area contributed by atoms with Crippen LogP contribution in [0.1, 0.15) is 29.7 Å². The molecule has 2 aromatic heterocycles. The van der Waals surface area contributed by atoms with Crippen molar-refractivity contribution in [2.45, 2.75) is 26.0 Å². The van der Waals surface area contributed by atoms with Crippen molar-refractivity contribution in [3.8, 4) is 5.75 Å². The molecule has 2 heterocycles. The van der Waals surface area contributed by atoms with Gasteiger partial charge in [0.2, 0.25) is 0 Å².